The molecule has 6 atom stereocenters. The van der Waals surface area contributed by atoms with Crippen LogP contribution in [0.2, 0.25) is 0 Å². The molecular formula is C25H16Cl6O7. The van der Waals surface area contributed by atoms with Gasteiger partial charge in [-0.05, 0) is 54.5 Å². The Bertz CT molecular complexity index is 1630. The van der Waals surface area contributed by atoms with Gasteiger partial charge < -0.3 is 24.8 Å². The van der Waals surface area contributed by atoms with Crippen molar-refractivity contribution in [3.63, 3.8) is 0 Å². The molecule has 38 heavy (non-hydrogen) atoms. The van der Waals surface area contributed by atoms with Gasteiger partial charge in [0, 0.05) is 16.4 Å². The van der Waals surface area contributed by atoms with E-state index in [1.807, 2.05) is 0 Å². The lowest BCUT2D eigenvalue weighted by molar-refractivity contribution is -0.152. The highest BCUT2D eigenvalue weighted by molar-refractivity contribution is 6.61. The second-order valence-corrected chi connectivity index (χ2v) is 13.2. The van der Waals surface area contributed by atoms with E-state index < -0.39 is 66.4 Å². The Labute approximate surface area is 244 Å². The number of hydrogen-bond acceptors (Lipinski definition) is 6. The minimum absolute atomic E-state index is 0.0250. The summed E-state index contributed by atoms with van der Waals surface area (Å²) in [6.07, 6.45) is -0.0561. The molecule has 2 fully saturated rings. The molecule has 13 heteroatoms. The van der Waals surface area contributed by atoms with Gasteiger partial charge in [0.1, 0.15) is 9.21 Å². The smallest absolute Gasteiger partial charge is 0.307 e. The van der Waals surface area contributed by atoms with Crippen molar-refractivity contribution in [2.75, 3.05) is 0 Å². The molecule has 0 amide bonds. The molecule has 0 radical (unpaired) electrons. The molecule has 0 spiro atoms. The number of carboxylic acids is 1. The molecule has 1 heterocycles. The number of aromatic hydroxyl groups is 3. The van der Waals surface area contributed by atoms with Crippen molar-refractivity contribution in [2.45, 2.75) is 33.3 Å². The van der Waals surface area contributed by atoms with Crippen LogP contribution in [0.3, 0.4) is 0 Å². The molecule has 6 rings (SSSR count). The van der Waals surface area contributed by atoms with Gasteiger partial charge >= 0.3 is 5.97 Å². The van der Waals surface area contributed by atoms with Crippen molar-refractivity contribution in [3.8, 4) is 28.6 Å². The summed E-state index contributed by atoms with van der Waals surface area (Å²) >= 11 is 40.5. The van der Waals surface area contributed by atoms with E-state index in [9.17, 15) is 30.0 Å². The Hall–Kier alpha value is -1.74. The number of phenols is 3. The predicted molar refractivity (Wildman–Crippen MR) is 145 cm³/mol. The van der Waals surface area contributed by atoms with Crippen LogP contribution in [0.25, 0.3) is 22.3 Å². The van der Waals surface area contributed by atoms with Gasteiger partial charge in [-0.1, -0.05) is 46.4 Å². The lowest BCUT2D eigenvalue weighted by Crippen LogP contribution is -2.81. The van der Waals surface area contributed by atoms with Crippen molar-refractivity contribution >= 4 is 86.5 Å². The zero-order chi connectivity index (χ0) is 27.7. The fourth-order valence-electron chi connectivity index (χ4n) is 6.83. The van der Waals surface area contributed by atoms with Gasteiger partial charge in [0.15, 0.2) is 17.1 Å². The van der Waals surface area contributed by atoms with Crippen LogP contribution >= 0.6 is 69.6 Å². The van der Waals surface area contributed by atoms with Crippen LogP contribution < -0.4 is 5.43 Å². The van der Waals surface area contributed by atoms with Crippen molar-refractivity contribution in [3.05, 3.63) is 50.1 Å². The number of carboxylic acid groups (broad SMARTS) is 1. The third-order valence-electron chi connectivity index (χ3n) is 8.56. The summed E-state index contributed by atoms with van der Waals surface area (Å²) in [5.41, 5.74) is -1.68. The monoisotopic (exact) mass is 638 g/mol. The first-order valence-corrected chi connectivity index (χ1v) is 13.7. The lowest BCUT2D eigenvalue weighted by atomic mass is 9.40. The highest BCUT2D eigenvalue weighted by Gasteiger charge is 2.86. The molecule has 0 saturated heterocycles. The summed E-state index contributed by atoms with van der Waals surface area (Å²) < 4.78 is 3.96. The maximum Gasteiger partial charge on any atom is 0.307 e. The van der Waals surface area contributed by atoms with Gasteiger partial charge in [-0.3, -0.25) is 9.59 Å². The Morgan fingerprint density at radius 3 is 2.37 bits per heavy atom. The minimum Gasteiger partial charge on any atom is -0.504 e. The van der Waals surface area contributed by atoms with E-state index in [0.717, 1.165) is 6.07 Å². The average Bonchev–Trinajstić information content (AvgIpc) is 2.88. The topological polar surface area (TPSA) is 128 Å². The number of phenolic OH excluding ortho intramolecular Hbond substituents is 3. The Kier molecular flexibility index (Phi) is 5.68. The van der Waals surface area contributed by atoms with Crippen molar-refractivity contribution < 1.29 is 29.6 Å². The Morgan fingerprint density at radius 2 is 1.71 bits per heavy atom. The summed E-state index contributed by atoms with van der Waals surface area (Å²) in [7, 11) is 0. The van der Waals surface area contributed by atoms with E-state index in [1.54, 1.807) is 0 Å². The van der Waals surface area contributed by atoms with E-state index >= 15 is 0 Å². The van der Waals surface area contributed by atoms with Crippen LogP contribution in [-0.4, -0.2) is 41.0 Å². The number of halogens is 6. The summed E-state index contributed by atoms with van der Waals surface area (Å²) in [6.45, 7) is 0. The second-order valence-electron chi connectivity index (χ2n) is 10.0. The van der Waals surface area contributed by atoms with Gasteiger partial charge in [0.25, 0.3) is 0 Å². The molecule has 0 unspecified atom stereocenters. The number of aliphatic carboxylic acids is 1. The molecule has 2 bridgehead atoms. The molecule has 1 aromatic carbocycles. The number of carbonyl (C=O) groups is 1. The van der Waals surface area contributed by atoms with Crippen molar-refractivity contribution in [1.29, 1.82) is 0 Å². The van der Waals surface area contributed by atoms with Gasteiger partial charge in [0.05, 0.1) is 21.4 Å². The third-order valence-corrected chi connectivity index (χ3v) is 12.6. The number of fused-ring (bicyclic) bond motifs is 2. The minimum atomic E-state index is -1.73. The van der Waals surface area contributed by atoms with Crippen molar-refractivity contribution in [2.24, 2.45) is 17.3 Å². The quantitative estimate of drug-likeness (QED) is 0.140. The molecule has 0 aromatic heterocycles. The lowest BCUT2D eigenvalue weighted by Gasteiger charge is -2.75. The van der Waals surface area contributed by atoms with Crippen LogP contribution in [0.4, 0.5) is 0 Å². The number of alkyl halides is 4. The largest absolute Gasteiger partial charge is 0.504 e. The molecule has 1 aliphatic heterocycles. The zero-order valence-corrected chi connectivity index (χ0v) is 23.3. The maximum atomic E-state index is 12.7. The standard InChI is InChI=1S/C25H16Cl6O7/c26-15-20(27)23-6-10(9(22(36)37)5-13(23)24(29,21(15)28)25(23,30)31)14-7-1-3-11(32)16(34)18(7)38-19-8(14)2-4-12(33)17(19)35/h1-4,9-10,13,20,32,34-35H,5-6H2,(H,36,37)/t9-,10+,13+,20-,23-,24-/m0/s1. The number of rotatable bonds is 2. The number of benzene rings is 2. The Morgan fingerprint density at radius 1 is 1.03 bits per heavy atom. The highest BCUT2D eigenvalue weighted by atomic mass is 35.5. The van der Waals surface area contributed by atoms with E-state index in [-0.39, 0.29) is 45.2 Å². The molecule has 7 nitrogen and oxygen atoms in total. The van der Waals surface area contributed by atoms with Gasteiger partial charge in [0.2, 0.25) is 16.9 Å². The predicted octanol–water partition coefficient (Wildman–Crippen LogP) is 6.67. The zero-order valence-electron chi connectivity index (χ0n) is 18.8. The molecular weight excluding hydrogens is 625 g/mol. The van der Waals surface area contributed by atoms with Gasteiger partial charge in [-0.25, -0.2) is 0 Å². The van der Waals surface area contributed by atoms with Crippen LogP contribution in [0, 0.1) is 17.3 Å². The van der Waals surface area contributed by atoms with Crippen molar-refractivity contribution in [1.82, 2.24) is 0 Å². The fraction of sp³-hybridized carbons (Fsp3) is 0.360. The van der Waals surface area contributed by atoms with Gasteiger partial charge in [-0.15, -0.1) is 23.2 Å². The normalized spacial score (nSPS) is 33.7. The van der Waals surface area contributed by atoms with Crippen LogP contribution in [-0.2, 0) is 4.79 Å². The number of allylic oxidation sites excluding steroid dienone is 2. The van der Waals surface area contributed by atoms with E-state index in [4.69, 9.17) is 74.0 Å². The average molecular weight is 641 g/mol. The second kappa shape index (κ2) is 8.15. The van der Waals surface area contributed by atoms with E-state index in [0.29, 0.717) is 5.56 Å². The van der Waals surface area contributed by atoms with E-state index in [1.165, 1.54) is 18.2 Å². The first-order chi connectivity index (χ1) is 17.7. The first kappa shape index (κ1) is 26.5. The molecule has 5 aliphatic rings. The molecule has 200 valence electrons. The fourth-order valence-corrected chi connectivity index (χ4v) is 10.0. The third kappa shape index (κ3) is 2.85. The molecule has 2 saturated carbocycles. The molecule has 4 aliphatic carbocycles. The number of hydrogen-bond donors (Lipinski definition) is 4. The van der Waals surface area contributed by atoms with Crippen LogP contribution in [0.1, 0.15) is 24.3 Å². The SMILES string of the molecule is O=C(O)[C@H]1C[C@@H]2[C@@]3(C[C@H]1c1c4ccc(=O)c(O)c-4oc4c(O)c(O)ccc14)[C@@H](Cl)C(Cl)=C(Cl)[C@]2(Cl)C3(Cl)Cl. The molecule has 1 aromatic rings. The van der Waals surface area contributed by atoms with Gasteiger partial charge in [-0.2, -0.15) is 0 Å². The van der Waals surface area contributed by atoms with Crippen LogP contribution in [0.5, 0.6) is 17.2 Å². The highest BCUT2D eigenvalue weighted by Crippen LogP contribution is 2.83. The summed E-state index contributed by atoms with van der Waals surface area (Å²) in [5.74, 6) is -5.99. The van der Waals surface area contributed by atoms with Crippen LogP contribution in [0.15, 0.2) is 43.5 Å². The maximum absolute atomic E-state index is 12.7. The summed E-state index contributed by atoms with van der Waals surface area (Å²) in [4.78, 5) is 23.4. The molecule has 4 N–H and O–H groups in total. The van der Waals surface area contributed by atoms with E-state index in [2.05, 4.69) is 0 Å². The first-order valence-electron chi connectivity index (χ1n) is 11.3. The summed E-state index contributed by atoms with van der Waals surface area (Å²) in [5, 5.41) is 40.9. The Balaban J connectivity index is 1.68. The summed E-state index contributed by atoms with van der Waals surface area (Å²) in [6, 6.07) is 5.17.